The Labute approximate surface area is 118 Å². The first-order chi connectivity index (χ1) is 9.22. The van der Waals surface area contributed by atoms with Gasteiger partial charge in [0, 0.05) is 19.1 Å². The molecule has 3 rings (SSSR count). The van der Waals surface area contributed by atoms with Gasteiger partial charge in [0.1, 0.15) is 0 Å². The van der Waals surface area contributed by atoms with Crippen molar-refractivity contribution in [1.82, 2.24) is 10.2 Å². The van der Waals surface area contributed by atoms with E-state index < -0.39 is 0 Å². The molecule has 0 amide bonds. The largest absolute Gasteiger partial charge is 0.454 e. The number of halogens is 1. The number of ether oxygens (including phenoxy) is 2. The fraction of sp³-hybridized carbons (Fsp3) is 0.571. The highest BCUT2D eigenvalue weighted by atomic mass is 35.5. The van der Waals surface area contributed by atoms with E-state index in [9.17, 15) is 0 Å². The summed E-state index contributed by atoms with van der Waals surface area (Å²) in [5.74, 6) is 1.43. The predicted octanol–water partition coefficient (Wildman–Crippen LogP) is 2.25. The number of hydrogen-bond acceptors (Lipinski definition) is 4. The smallest absolute Gasteiger partial charge is 0.231 e. The predicted molar refractivity (Wildman–Crippen MR) is 74.9 cm³/mol. The number of rotatable bonds is 4. The Morgan fingerprint density at radius 3 is 3.11 bits per heavy atom. The maximum absolute atomic E-state index is 6.19. The van der Waals surface area contributed by atoms with Gasteiger partial charge < -0.3 is 19.7 Å². The molecule has 0 saturated carbocycles. The van der Waals surface area contributed by atoms with Gasteiger partial charge in [-0.15, -0.1) is 0 Å². The molecule has 104 valence electrons. The van der Waals surface area contributed by atoms with Gasteiger partial charge in [-0.2, -0.15) is 0 Å². The molecule has 0 aliphatic carbocycles. The lowest BCUT2D eigenvalue weighted by Crippen LogP contribution is -2.34. The van der Waals surface area contributed by atoms with Crippen LogP contribution in [-0.2, 0) is 6.54 Å². The minimum atomic E-state index is 0.264. The molecule has 0 radical (unpaired) electrons. The van der Waals surface area contributed by atoms with Gasteiger partial charge >= 0.3 is 0 Å². The number of nitrogens with one attached hydrogen (secondary N) is 1. The van der Waals surface area contributed by atoms with Crippen molar-refractivity contribution in [2.75, 3.05) is 26.9 Å². The molecule has 2 aliphatic rings. The van der Waals surface area contributed by atoms with Crippen molar-refractivity contribution < 1.29 is 9.47 Å². The van der Waals surface area contributed by atoms with E-state index in [0.29, 0.717) is 16.8 Å². The third-order valence-electron chi connectivity index (χ3n) is 3.63. The lowest BCUT2D eigenvalue weighted by molar-refractivity contribution is 0.174. The van der Waals surface area contributed by atoms with Gasteiger partial charge in [0.05, 0.1) is 5.02 Å². The second kappa shape index (κ2) is 5.57. The molecule has 1 fully saturated rings. The molecule has 1 aromatic carbocycles. The average Bonchev–Trinajstić information content (AvgIpc) is 2.99. The Morgan fingerprint density at radius 2 is 2.32 bits per heavy atom. The van der Waals surface area contributed by atoms with Crippen molar-refractivity contribution in [3.8, 4) is 11.5 Å². The van der Waals surface area contributed by atoms with Crippen LogP contribution in [0.3, 0.4) is 0 Å². The molecule has 1 N–H and O–H groups in total. The molecule has 1 saturated heterocycles. The highest BCUT2D eigenvalue weighted by Gasteiger charge is 2.20. The number of nitrogens with zero attached hydrogens (tertiary/aromatic N) is 1. The van der Waals surface area contributed by atoms with Crippen LogP contribution in [0, 0.1) is 0 Å². The average molecular weight is 283 g/mol. The summed E-state index contributed by atoms with van der Waals surface area (Å²) in [6.07, 6.45) is 2.56. The highest BCUT2D eigenvalue weighted by Crippen LogP contribution is 2.39. The second-order valence-electron chi connectivity index (χ2n) is 5.30. The second-order valence-corrected chi connectivity index (χ2v) is 5.71. The summed E-state index contributed by atoms with van der Waals surface area (Å²) in [5, 5.41) is 4.15. The third-order valence-corrected chi connectivity index (χ3v) is 3.91. The first-order valence-corrected chi connectivity index (χ1v) is 7.10. The van der Waals surface area contributed by atoms with Gasteiger partial charge in [-0.3, -0.25) is 0 Å². The summed E-state index contributed by atoms with van der Waals surface area (Å²) >= 11 is 6.19. The fourth-order valence-corrected chi connectivity index (χ4v) is 3.06. The quantitative estimate of drug-likeness (QED) is 0.918. The zero-order valence-corrected chi connectivity index (χ0v) is 11.9. The van der Waals surface area contributed by atoms with E-state index in [1.165, 1.54) is 12.8 Å². The fourth-order valence-electron chi connectivity index (χ4n) is 2.78. The summed E-state index contributed by atoms with van der Waals surface area (Å²) in [5.41, 5.74) is 1.16. The van der Waals surface area contributed by atoms with Crippen LogP contribution in [0.1, 0.15) is 18.4 Å². The Balaban J connectivity index is 1.64. The van der Waals surface area contributed by atoms with E-state index in [4.69, 9.17) is 21.1 Å². The van der Waals surface area contributed by atoms with Gasteiger partial charge in [-0.1, -0.05) is 11.6 Å². The maximum atomic E-state index is 6.19. The molecule has 0 aromatic heterocycles. The van der Waals surface area contributed by atoms with Gasteiger partial charge in [0.25, 0.3) is 0 Å². The zero-order valence-electron chi connectivity index (χ0n) is 11.1. The van der Waals surface area contributed by atoms with Crippen molar-refractivity contribution in [2.24, 2.45) is 0 Å². The maximum Gasteiger partial charge on any atom is 0.231 e. The molecule has 1 aromatic rings. The van der Waals surface area contributed by atoms with E-state index in [0.717, 1.165) is 30.9 Å². The molecule has 0 spiro atoms. The van der Waals surface area contributed by atoms with Crippen LogP contribution in [-0.4, -0.2) is 37.9 Å². The standard InChI is InChI=1S/C14H19ClN2O2/c1-17(8-11-3-2-4-16-11)7-10-5-12(15)14-13(6-10)18-9-19-14/h5-6,11,16H,2-4,7-9H2,1H3. The van der Waals surface area contributed by atoms with Crippen LogP contribution in [0.2, 0.25) is 5.02 Å². The molecule has 19 heavy (non-hydrogen) atoms. The molecule has 1 atom stereocenters. The van der Waals surface area contributed by atoms with E-state index in [2.05, 4.69) is 17.3 Å². The summed E-state index contributed by atoms with van der Waals surface area (Å²) < 4.78 is 10.7. The van der Waals surface area contributed by atoms with Crippen molar-refractivity contribution in [3.05, 3.63) is 22.7 Å². The van der Waals surface area contributed by atoms with E-state index in [1.807, 2.05) is 12.1 Å². The highest BCUT2D eigenvalue weighted by molar-refractivity contribution is 6.32. The SMILES string of the molecule is CN(Cc1cc(Cl)c2c(c1)OCO2)CC1CCCN1. The molecule has 4 nitrogen and oxygen atoms in total. The number of fused-ring (bicyclic) bond motifs is 1. The number of benzene rings is 1. The monoisotopic (exact) mass is 282 g/mol. The Hall–Kier alpha value is -0.970. The summed E-state index contributed by atoms with van der Waals surface area (Å²) in [6.45, 7) is 3.34. The lowest BCUT2D eigenvalue weighted by Gasteiger charge is -2.21. The first-order valence-electron chi connectivity index (χ1n) is 6.72. The first kappa shape index (κ1) is 13.0. The van der Waals surface area contributed by atoms with Crippen molar-refractivity contribution in [1.29, 1.82) is 0 Å². The molecular weight excluding hydrogens is 264 g/mol. The molecule has 1 unspecified atom stereocenters. The van der Waals surface area contributed by atoms with Crippen LogP contribution in [0.4, 0.5) is 0 Å². The Bertz CT molecular complexity index is 461. The van der Waals surface area contributed by atoms with Crippen LogP contribution in [0.25, 0.3) is 0 Å². The van der Waals surface area contributed by atoms with Crippen LogP contribution < -0.4 is 14.8 Å². The van der Waals surface area contributed by atoms with E-state index >= 15 is 0 Å². The van der Waals surface area contributed by atoms with Crippen molar-refractivity contribution in [2.45, 2.75) is 25.4 Å². The van der Waals surface area contributed by atoms with Gasteiger partial charge in [-0.05, 0) is 44.1 Å². The summed E-state index contributed by atoms with van der Waals surface area (Å²) in [6, 6.07) is 4.61. The van der Waals surface area contributed by atoms with Crippen LogP contribution >= 0.6 is 11.6 Å². The number of likely N-dealkylation sites (N-methyl/N-ethyl adjacent to an activating group) is 1. The minimum Gasteiger partial charge on any atom is -0.454 e. The molecule has 2 aliphatic heterocycles. The molecule has 2 heterocycles. The third kappa shape index (κ3) is 2.96. The van der Waals surface area contributed by atoms with E-state index in [1.54, 1.807) is 0 Å². The molecule has 0 bridgehead atoms. The Morgan fingerprint density at radius 1 is 1.42 bits per heavy atom. The van der Waals surface area contributed by atoms with Crippen molar-refractivity contribution in [3.63, 3.8) is 0 Å². The van der Waals surface area contributed by atoms with Gasteiger partial charge in [0.2, 0.25) is 6.79 Å². The van der Waals surface area contributed by atoms with Gasteiger partial charge in [-0.25, -0.2) is 0 Å². The van der Waals surface area contributed by atoms with E-state index in [-0.39, 0.29) is 6.79 Å². The normalized spacial score (nSPS) is 21.3. The number of hydrogen-bond donors (Lipinski definition) is 1. The lowest BCUT2D eigenvalue weighted by atomic mass is 10.1. The summed E-state index contributed by atoms with van der Waals surface area (Å²) in [4.78, 5) is 2.32. The molecule has 5 heteroatoms. The Kier molecular flexibility index (Phi) is 3.82. The zero-order chi connectivity index (χ0) is 13.2. The van der Waals surface area contributed by atoms with Crippen molar-refractivity contribution >= 4 is 11.6 Å². The van der Waals surface area contributed by atoms with Gasteiger partial charge in [0.15, 0.2) is 11.5 Å². The van der Waals surface area contributed by atoms with Crippen LogP contribution in [0.15, 0.2) is 12.1 Å². The minimum absolute atomic E-state index is 0.264. The molecular formula is C14H19ClN2O2. The summed E-state index contributed by atoms with van der Waals surface area (Å²) in [7, 11) is 2.14. The topological polar surface area (TPSA) is 33.7 Å². The van der Waals surface area contributed by atoms with Crippen LogP contribution in [0.5, 0.6) is 11.5 Å².